The number of rotatable bonds is 4. The molecule has 19 heavy (non-hydrogen) atoms. The molecule has 1 aromatic rings. The van der Waals surface area contributed by atoms with Gasteiger partial charge in [-0.3, -0.25) is 4.79 Å². The second-order valence-corrected chi connectivity index (χ2v) is 5.61. The largest absolute Gasteiger partial charge is 0.353 e. The molecule has 3 heteroatoms. The van der Waals surface area contributed by atoms with Crippen LogP contribution in [0.2, 0.25) is 0 Å². The molecule has 2 rings (SSSR count). The van der Waals surface area contributed by atoms with Gasteiger partial charge in [-0.1, -0.05) is 29.8 Å². The summed E-state index contributed by atoms with van der Waals surface area (Å²) in [5.74, 6) is 0.749. The van der Waals surface area contributed by atoms with E-state index in [2.05, 4.69) is 36.6 Å². The summed E-state index contributed by atoms with van der Waals surface area (Å²) in [5, 5.41) is 6.51. The standard InChI is InChI=1S/C16H24N2O/c1-12-4-3-5-14(10-12)11-16(19)18-13(2)15-6-8-17-9-7-15/h3-5,10,13,15,17H,6-9,11H2,1-2H3,(H,18,19). The number of carbonyl (C=O) groups is 1. The first-order valence-corrected chi connectivity index (χ1v) is 7.21. The maximum absolute atomic E-state index is 12.1. The average Bonchev–Trinajstić information content (AvgIpc) is 2.39. The molecule has 104 valence electrons. The van der Waals surface area contributed by atoms with Crippen LogP contribution in [0.25, 0.3) is 0 Å². The Balaban J connectivity index is 1.83. The van der Waals surface area contributed by atoms with Gasteiger partial charge in [-0.25, -0.2) is 0 Å². The maximum Gasteiger partial charge on any atom is 0.224 e. The lowest BCUT2D eigenvalue weighted by Gasteiger charge is -2.28. The van der Waals surface area contributed by atoms with E-state index in [-0.39, 0.29) is 11.9 Å². The summed E-state index contributed by atoms with van der Waals surface area (Å²) in [6, 6.07) is 8.43. The van der Waals surface area contributed by atoms with E-state index in [0.29, 0.717) is 12.3 Å². The van der Waals surface area contributed by atoms with Crippen LogP contribution in [0.3, 0.4) is 0 Å². The lowest BCUT2D eigenvalue weighted by molar-refractivity contribution is -0.121. The third-order valence-electron chi connectivity index (χ3n) is 3.93. The van der Waals surface area contributed by atoms with Crippen molar-refractivity contribution in [3.05, 3.63) is 35.4 Å². The maximum atomic E-state index is 12.1. The summed E-state index contributed by atoms with van der Waals surface area (Å²) in [6.07, 6.45) is 2.80. The number of amides is 1. The fraction of sp³-hybridized carbons (Fsp3) is 0.562. The first-order chi connectivity index (χ1) is 9.15. The van der Waals surface area contributed by atoms with Gasteiger partial charge in [-0.2, -0.15) is 0 Å². The van der Waals surface area contributed by atoms with Gasteiger partial charge in [0, 0.05) is 6.04 Å². The molecule has 1 heterocycles. The molecule has 1 aliphatic rings. The summed E-state index contributed by atoms with van der Waals surface area (Å²) < 4.78 is 0. The smallest absolute Gasteiger partial charge is 0.224 e. The van der Waals surface area contributed by atoms with E-state index in [4.69, 9.17) is 0 Å². The zero-order valence-corrected chi connectivity index (χ0v) is 11.9. The fourth-order valence-corrected chi connectivity index (χ4v) is 2.77. The van der Waals surface area contributed by atoms with Gasteiger partial charge in [0.25, 0.3) is 0 Å². The van der Waals surface area contributed by atoms with Crippen molar-refractivity contribution in [1.29, 1.82) is 0 Å². The number of hydrogen-bond acceptors (Lipinski definition) is 2. The molecule has 1 atom stereocenters. The van der Waals surface area contributed by atoms with Crippen LogP contribution in [0.4, 0.5) is 0 Å². The van der Waals surface area contributed by atoms with Gasteiger partial charge in [-0.05, 0) is 51.3 Å². The average molecular weight is 260 g/mol. The van der Waals surface area contributed by atoms with E-state index < -0.39 is 0 Å². The third kappa shape index (κ3) is 4.35. The molecule has 0 aliphatic carbocycles. The molecule has 0 radical (unpaired) electrons. The number of carbonyl (C=O) groups excluding carboxylic acids is 1. The lowest BCUT2D eigenvalue weighted by atomic mass is 9.91. The molecule has 3 nitrogen and oxygen atoms in total. The van der Waals surface area contributed by atoms with E-state index in [1.807, 2.05) is 12.1 Å². The van der Waals surface area contributed by atoms with Crippen LogP contribution in [0.1, 0.15) is 30.9 Å². The van der Waals surface area contributed by atoms with Gasteiger partial charge in [-0.15, -0.1) is 0 Å². The molecule has 1 amide bonds. The van der Waals surface area contributed by atoms with Crippen molar-refractivity contribution in [1.82, 2.24) is 10.6 Å². The van der Waals surface area contributed by atoms with Crippen molar-refractivity contribution in [2.45, 2.75) is 39.2 Å². The Kier molecular flexibility index (Phi) is 4.97. The molecule has 0 spiro atoms. The Morgan fingerprint density at radius 3 is 2.84 bits per heavy atom. The Hall–Kier alpha value is -1.35. The van der Waals surface area contributed by atoms with E-state index in [1.54, 1.807) is 0 Å². The Labute approximate surface area is 115 Å². The van der Waals surface area contributed by atoms with Crippen molar-refractivity contribution in [2.75, 3.05) is 13.1 Å². The van der Waals surface area contributed by atoms with Crippen LogP contribution in [0.15, 0.2) is 24.3 Å². The monoisotopic (exact) mass is 260 g/mol. The molecule has 1 aromatic carbocycles. The number of benzene rings is 1. The van der Waals surface area contributed by atoms with Gasteiger partial charge in [0.2, 0.25) is 5.91 Å². The van der Waals surface area contributed by atoms with Crippen LogP contribution < -0.4 is 10.6 Å². The molecular formula is C16H24N2O. The molecule has 1 aliphatic heterocycles. The van der Waals surface area contributed by atoms with Crippen molar-refractivity contribution >= 4 is 5.91 Å². The minimum atomic E-state index is 0.136. The van der Waals surface area contributed by atoms with Crippen molar-refractivity contribution < 1.29 is 4.79 Å². The summed E-state index contributed by atoms with van der Waals surface area (Å²) in [4.78, 5) is 12.1. The van der Waals surface area contributed by atoms with Crippen LogP contribution in [0, 0.1) is 12.8 Å². The van der Waals surface area contributed by atoms with Crippen molar-refractivity contribution in [2.24, 2.45) is 5.92 Å². The van der Waals surface area contributed by atoms with E-state index in [9.17, 15) is 4.79 Å². The highest BCUT2D eigenvalue weighted by atomic mass is 16.1. The van der Waals surface area contributed by atoms with Gasteiger partial charge in [0.05, 0.1) is 6.42 Å². The highest BCUT2D eigenvalue weighted by Crippen LogP contribution is 2.16. The Bertz CT molecular complexity index is 425. The Morgan fingerprint density at radius 1 is 1.42 bits per heavy atom. The fourth-order valence-electron chi connectivity index (χ4n) is 2.77. The molecule has 1 fully saturated rings. The number of piperidine rings is 1. The van der Waals surface area contributed by atoms with E-state index in [1.165, 1.54) is 5.56 Å². The minimum absolute atomic E-state index is 0.136. The number of aryl methyl sites for hydroxylation is 1. The second kappa shape index (κ2) is 6.71. The number of nitrogens with one attached hydrogen (secondary N) is 2. The zero-order valence-electron chi connectivity index (χ0n) is 11.9. The SMILES string of the molecule is Cc1cccc(CC(=O)NC(C)C2CCNCC2)c1. The molecule has 0 saturated carbocycles. The van der Waals surface area contributed by atoms with Gasteiger partial charge in [0.15, 0.2) is 0 Å². The molecule has 1 saturated heterocycles. The summed E-state index contributed by atoms with van der Waals surface area (Å²) in [7, 11) is 0. The van der Waals surface area contributed by atoms with Gasteiger partial charge < -0.3 is 10.6 Å². The van der Waals surface area contributed by atoms with Gasteiger partial charge in [0.1, 0.15) is 0 Å². The van der Waals surface area contributed by atoms with E-state index in [0.717, 1.165) is 31.5 Å². The third-order valence-corrected chi connectivity index (χ3v) is 3.93. The van der Waals surface area contributed by atoms with E-state index >= 15 is 0 Å². The topological polar surface area (TPSA) is 41.1 Å². The predicted octanol–water partition coefficient (Wildman–Crippen LogP) is 2.04. The van der Waals surface area contributed by atoms with Crippen LogP contribution in [-0.4, -0.2) is 25.0 Å². The molecular weight excluding hydrogens is 236 g/mol. The van der Waals surface area contributed by atoms with Crippen molar-refractivity contribution in [3.8, 4) is 0 Å². The minimum Gasteiger partial charge on any atom is -0.353 e. The quantitative estimate of drug-likeness (QED) is 0.870. The van der Waals surface area contributed by atoms with Crippen molar-refractivity contribution in [3.63, 3.8) is 0 Å². The molecule has 0 aromatic heterocycles. The Morgan fingerprint density at radius 2 is 2.16 bits per heavy atom. The normalized spacial score (nSPS) is 18.0. The van der Waals surface area contributed by atoms with Crippen LogP contribution >= 0.6 is 0 Å². The summed E-state index contributed by atoms with van der Waals surface area (Å²) >= 11 is 0. The highest BCUT2D eigenvalue weighted by molar-refractivity contribution is 5.78. The predicted molar refractivity (Wildman–Crippen MR) is 78.1 cm³/mol. The highest BCUT2D eigenvalue weighted by Gasteiger charge is 2.21. The first-order valence-electron chi connectivity index (χ1n) is 7.21. The zero-order chi connectivity index (χ0) is 13.7. The first kappa shape index (κ1) is 14.1. The molecule has 2 N–H and O–H groups in total. The number of hydrogen-bond donors (Lipinski definition) is 2. The molecule has 0 bridgehead atoms. The summed E-state index contributed by atoms with van der Waals surface area (Å²) in [6.45, 7) is 6.33. The van der Waals surface area contributed by atoms with Crippen LogP contribution in [0.5, 0.6) is 0 Å². The summed E-state index contributed by atoms with van der Waals surface area (Å²) in [5.41, 5.74) is 2.30. The van der Waals surface area contributed by atoms with Gasteiger partial charge >= 0.3 is 0 Å². The lowest BCUT2D eigenvalue weighted by Crippen LogP contribution is -2.43. The molecule has 1 unspecified atom stereocenters. The second-order valence-electron chi connectivity index (χ2n) is 5.61. The van der Waals surface area contributed by atoms with Crippen LogP contribution in [-0.2, 0) is 11.2 Å².